The van der Waals surface area contributed by atoms with Gasteiger partial charge in [-0.15, -0.1) is 11.3 Å². The summed E-state index contributed by atoms with van der Waals surface area (Å²) in [5.74, 6) is -0.0890. The second-order valence-corrected chi connectivity index (χ2v) is 5.40. The van der Waals surface area contributed by atoms with Gasteiger partial charge in [0.25, 0.3) is 0 Å². The first kappa shape index (κ1) is 12.0. The van der Waals surface area contributed by atoms with Crippen LogP contribution >= 0.6 is 11.3 Å². The number of rotatable bonds is 4. The van der Waals surface area contributed by atoms with Crippen molar-refractivity contribution < 1.29 is 9.59 Å². The molecule has 0 saturated heterocycles. The Labute approximate surface area is 104 Å². The average Bonchev–Trinajstić information content (AvgIpc) is 2.70. The van der Waals surface area contributed by atoms with Crippen LogP contribution in [0.4, 0.5) is 0 Å². The molecule has 0 N–H and O–H groups in total. The second kappa shape index (κ2) is 4.80. The van der Waals surface area contributed by atoms with E-state index in [0.29, 0.717) is 6.42 Å². The van der Waals surface area contributed by atoms with Gasteiger partial charge in [-0.2, -0.15) is 0 Å². The van der Waals surface area contributed by atoms with Crippen molar-refractivity contribution in [3.8, 4) is 0 Å². The van der Waals surface area contributed by atoms with Gasteiger partial charge in [0, 0.05) is 17.0 Å². The lowest BCUT2D eigenvalue weighted by molar-refractivity contribution is -0.117. The SMILES string of the molecule is CC(=O)CC(C)C(=O)c1cc2ccccc2s1. The normalized spacial score (nSPS) is 12.6. The van der Waals surface area contributed by atoms with Crippen molar-refractivity contribution in [1.82, 2.24) is 0 Å². The molecule has 0 amide bonds. The fourth-order valence-corrected chi connectivity index (χ4v) is 2.99. The second-order valence-electron chi connectivity index (χ2n) is 4.32. The summed E-state index contributed by atoms with van der Waals surface area (Å²) in [6, 6.07) is 9.85. The summed E-state index contributed by atoms with van der Waals surface area (Å²) in [6.45, 7) is 3.34. The average molecular weight is 246 g/mol. The molecule has 1 heterocycles. The standard InChI is InChI=1S/C14H14O2S/c1-9(7-10(2)15)14(16)13-8-11-5-3-4-6-12(11)17-13/h3-6,8-9H,7H2,1-2H3. The molecular weight excluding hydrogens is 232 g/mol. The third-order valence-corrected chi connectivity index (χ3v) is 3.84. The van der Waals surface area contributed by atoms with Gasteiger partial charge in [-0.05, 0) is 24.4 Å². The molecule has 0 radical (unpaired) electrons. The molecule has 0 bridgehead atoms. The Morgan fingerprint density at radius 3 is 2.65 bits per heavy atom. The van der Waals surface area contributed by atoms with Crippen molar-refractivity contribution in [3.05, 3.63) is 35.2 Å². The van der Waals surface area contributed by atoms with Crippen molar-refractivity contribution in [2.45, 2.75) is 20.3 Å². The van der Waals surface area contributed by atoms with Crippen LogP contribution in [0, 0.1) is 5.92 Å². The van der Waals surface area contributed by atoms with E-state index in [-0.39, 0.29) is 17.5 Å². The number of carbonyl (C=O) groups excluding carboxylic acids is 2. The van der Waals surface area contributed by atoms with Crippen molar-refractivity contribution in [2.75, 3.05) is 0 Å². The molecule has 2 nitrogen and oxygen atoms in total. The van der Waals surface area contributed by atoms with Crippen LogP contribution in [0.25, 0.3) is 10.1 Å². The number of ketones is 2. The number of benzene rings is 1. The van der Waals surface area contributed by atoms with Gasteiger partial charge in [0.2, 0.25) is 0 Å². The molecule has 1 unspecified atom stereocenters. The Hall–Kier alpha value is -1.48. The van der Waals surface area contributed by atoms with Gasteiger partial charge in [0.05, 0.1) is 4.88 Å². The van der Waals surface area contributed by atoms with Crippen LogP contribution < -0.4 is 0 Å². The van der Waals surface area contributed by atoms with Gasteiger partial charge in [0.1, 0.15) is 5.78 Å². The Bertz CT molecular complexity index is 535. The van der Waals surface area contributed by atoms with Crippen molar-refractivity contribution in [3.63, 3.8) is 0 Å². The molecule has 0 aliphatic rings. The highest BCUT2D eigenvalue weighted by molar-refractivity contribution is 7.20. The smallest absolute Gasteiger partial charge is 0.176 e. The Morgan fingerprint density at radius 1 is 1.29 bits per heavy atom. The highest BCUT2D eigenvalue weighted by Crippen LogP contribution is 2.27. The zero-order valence-electron chi connectivity index (χ0n) is 9.90. The van der Waals surface area contributed by atoms with E-state index >= 15 is 0 Å². The minimum absolute atomic E-state index is 0.0620. The van der Waals surface area contributed by atoms with Gasteiger partial charge in [-0.1, -0.05) is 25.1 Å². The number of hydrogen-bond acceptors (Lipinski definition) is 3. The maximum atomic E-state index is 12.1. The topological polar surface area (TPSA) is 34.1 Å². The summed E-state index contributed by atoms with van der Waals surface area (Å²) < 4.78 is 1.12. The van der Waals surface area contributed by atoms with Gasteiger partial charge in [-0.3, -0.25) is 4.79 Å². The first-order valence-corrected chi connectivity index (χ1v) is 6.42. The van der Waals surface area contributed by atoms with E-state index < -0.39 is 0 Å². The number of Topliss-reactive ketones (excluding diaryl/α,β-unsaturated/α-hetero) is 2. The minimum Gasteiger partial charge on any atom is -0.300 e. The number of carbonyl (C=O) groups is 2. The monoisotopic (exact) mass is 246 g/mol. The van der Waals surface area contributed by atoms with E-state index in [1.54, 1.807) is 0 Å². The van der Waals surface area contributed by atoms with Crippen LogP contribution in [0.1, 0.15) is 29.9 Å². The molecule has 17 heavy (non-hydrogen) atoms. The maximum Gasteiger partial charge on any atom is 0.176 e. The predicted molar refractivity (Wildman–Crippen MR) is 70.6 cm³/mol. The van der Waals surface area contributed by atoms with E-state index in [1.807, 2.05) is 37.3 Å². The minimum atomic E-state index is -0.222. The van der Waals surface area contributed by atoms with Crippen LogP contribution in [0.5, 0.6) is 0 Å². The first-order valence-electron chi connectivity index (χ1n) is 5.60. The molecule has 0 saturated carbocycles. The largest absolute Gasteiger partial charge is 0.300 e. The molecule has 1 aromatic carbocycles. The van der Waals surface area contributed by atoms with E-state index in [9.17, 15) is 9.59 Å². The summed E-state index contributed by atoms with van der Waals surface area (Å²) in [5, 5.41) is 1.09. The highest BCUT2D eigenvalue weighted by Gasteiger charge is 2.18. The molecule has 0 fully saturated rings. The van der Waals surface area contributed by atoms with Crippen LogP contribution in [-0.4, -0.2) is 11.6 Å². The lowest BCUT2D eigenvalue weighted by Gasteiger charge is -2.05. The molecule has 2 rings (SSSR count). The van der Waals surface area contributed by atoms with Gasteiger partial charge in [-0.25, -0.2) is 0 Å². The first-order chi connectivity index (χ1) is 8.08. The molecule has 1 atom stereocenters. The van der Waals surface area contributed by atoms with E-state index in [2.05, 4.69) is 0 Å². The quantitative estimate of drug-likeness (QED) is 0.771. The van der Waals surface area contributed by atoms with E-state index in [1.165, 1.54) is 18.3 Å². The van der Waals surface area contributed by atoms with Crippen LogP contribution in [0.2, 0.25) is 0 Å². The molecule has 2 aromatic rings. The number of hydrogen-bond donors (Lipinski definition) is 0. The summed E-state index contributed by atoms with van der Waals surface area (Å²) in [4.78, 5) is 23.9. The zero-order chi connectivity index (χ0) is 12.4. The van der Waals surface area contributed by atoms with Crippen LogP contribution in [0.15, 0.2) is 30.3 Å². The van der Waals surface area contributed by atoms with Gasteiger partial charge in [0.15, 0.2) is 5.78 Å². The molecular formula is C14H14O2S. The summed E-state index contributed by atoms with van der Waals surface area (Å²) >= 11 is 1.50. The lowest BCUT2D eigenvalue weighted by atomic mass is 9.99. The van der Waals surface area contributed by atoms with Crippen LogP contribution in [-0.2, 0) is 4.79 Å². The highest BCUT2D eigenvalue weighted by atomic mass is 32.1. The molecule has 1 aromatic heterocycles. The summed E-state index contributed by atoms with van der Waals surface area (Å²) in [7, 11) is 0. The zero-order valence-corrected chi connectivity index (χ0v) is 10.7. The maximum absolute atomic E-state index is 12.1. The third-order valence-electron chi connectivity index (χ3n) is 2.71. The molecule has 0 aliphatic carbocycles. The van der Waals surface area contributed by atoms with Gasteiger partial charge >= 0.3 is 0 Å². The van der Waals surface area contributed by atoms with Gasteiger partial charge < -0.3 is 4.79 Å². The predicted octanol–water partition coefficient (Wildman–Crippen LogP) is 3.70. The third kappa shape index (κ3) is 2.61. The van der Waals surface area contributed by atoms with Crippen molar-refractivity contribution in [2.24, 2.45) is 5.92 Å². The van der Waals surface area contributed by atoms with E-state index in [4.69, 9.17) is 0 Å². The summed E-state index contributed by atoms with van der Waals surface area (Å²) in [5.41, 5.74) is 0. The molecule has 3 heteroatoms. The van der Waals surface area contributed by atoms with E-state index in [0.717, 1.165) is 15.0 Å². The fraction of sp³-hybridized carbons (Fsp3) is 0.286. The van der Waals surface area contributed by atoms with Crippen LogP contribution in [0.3, 0.4) is 0 Å². The molecule has 88 valence electrons. The van der Waals surface area contributed by atoms with Crippen molar-refractivity contribution in [1.29, 1.82) is 0 Å². The number of fused-ring (bicyclic) bond motifs is 1. The Balaban J connectivity index is 2.27. The molecule has 0 spiro atoms. The number of thiophene rings is 1. The Morgan fingerprint density at radius 2 is 2.00 bits per heavy atom. The Kier molecular flexibility index (Phi) is 3.38. The van der Waals surface area contributed by atoms with Crippen molar-refractivity contribution >= 4 is 33.0 Å². The molecule has 0 aliphatic heterocycles. The summed E-state index contributed by atoms with van der Waals surface area (Å²) in [6.07, 6.45) is 0.326. The fourth-order valence-electron chi connectivity index (χ4n) is 1.87. The lowest BCUT2D eigenvalue weighted by Crippen LogP contribution is -2.13.